The van der Waals surface area contributed by atoms with Crippen molar-refractivity contribution < 1.29 is 14.3 Å². The van der Waals surface area contributed by atoms with Gasteiger partial charge in [0, 0.05) is 31.4 Å². The van der Waals surface area contributed by atoms with Crippen LogP contribution in [0.15, 0.2) is 54.9 Å². The van der Waals surface area contributed by atoms with Crippen molar-refractivity contribution in [2.45, 2.75) is 13.1 Å². The van der Waals surface area contributed by atoms with Crippen molar-refractivity contribution in [2.24, 2.45) is 0 Å². The molecule has 144 valence electrons. The summed E-state index contributed by atoms with van der Waals surface area (Å²) in [5, 5.41) is 12.0. The molecular weight excluding hydrogens is 358 g/mol. The molecule has 1 aromatic carbocycles. The molecule has 0 spiro atoms. The van der Waals surface area contributed by atoms with E-state index in [1.54, 1.807) is 7.11 Å². The van der Waals surface area contributed by atoms with Crippen molar-refractivity contribution in [1.29, 1.82) is 0 Å². The fraction of sp³-hybridized carbons (Fsp3) is 0.250. The number of carbonyl (C=O) groups excluding carboxylic acids is 1. The number of pyridine rings is 1. The van der Waals surface area contributed by atoms with Crippen molar-refractivity contribution >= 4 is 22.5 Å². The molecular formula is C20H21N5O3. The van der Waals surface area contributed by atoms with E-state index in [2.05, 4.69) is 20.1 Å². The summed E-state index contributed by atoms with van der Waals surface area (Å²) < 4.78 is 14.8. The Bertz CT molecular complexity index is 1100. The van der Waals surface area contributed by atoms with Crippen LogP contribution in [0.2, 0.25) is 0 Å². The summed E-state index contributed by atoms with van der Waals surface area (Å²) in [5.41, 5.74) is 1.79. The minimum atomic E-state index is -0.219. The zero-order valence-corrected chi connectivity index (χ0v) is 15.5. The average molecular weight is 379 g/mol. The highest BCUT2D eigenvalue weighted by Gasteiger charge is 2.10. The molecule has 3 aromatic heterocycles. The van der Waals surface area contributed by atoms with E-state index in [-0.39, 0.29) is 19.1 Å². The number of hydrogen-bond acceptors (Lipinski definition) is 5. The van der Waals surface area contributed by atoms with E-state index in [1.807, 2.05) is 59.3 Å². The van der Waals surface area contributed by atoms with Crippen LogP contribution >= 0.6 is 0 Å². The Morgan fingerprint density at radius 2 is 2.04 bits per heavy atom. The third-order valence-corrected chi connectivity index (χ3v) is 4.50. The van der Waals surface area contributed by atoms with Crippen molar-refractivity contribution in [3.8, 4) is 5.75 Å². The molecule has 0 bridgehead atoms. The lowest BCUT2D eigenvalue weighted by atomic mass is 10.2. The molecule has 8 heteroatoms. The van der Waals surface area contributed by atoms with Gasteiger partial charge in [-0.05, 0) is 30.3 Å². The molecule has 3 heterocycles. The third kappa shape index (κ3) is 3.67. The quantitative estimate of drug-likeness (QED) is 0.506. The Kier molecular flexibility index (Phi) is 5.20. The van der Waals surface area contributed by atoms with E-state index in [9.17, 15) is 4.79 Å². The van der Waals surface area contributed by atoms with E-state index >= 15 is 0 Å². The molecule has 0 saturated carbocycles. The van der Waals surface area contributed by atoms with Gasteiger partial charge in [-0.2, -0.15) is 0 Å². The lowest BCUT2D eigenvalue weighted by Crippen LogP contribution is -2.29. The Hall–Kier alpha value is -3.39. The van der Waals surface area contributed by atoms with Gasteiger partial charge in [-0.25, -0.2) is 0 Å². The molecule has 8 nitrogen and oxygen atoms in total. The first kappa shape index (κ1) is 18.0. The SMILES string of the molecule is COCCn1ccc2c(OCC(=O)NCc3nnc4ccccn34)cccc21. The number of methoxy groups -OCH3 is 1. The highest BCUT2D eigenvalue weighted by molar-refractivity contribution is 5.87. The van der Waals surface area contributed by atoms with Crippen LogP contribution in [0.1, 0.15) is 5.82 Å². The fourth-order valence-corrected chi connectivity index (χ4v) is 3.09. The van der Waals surface area contributed by atoms with E-state index in [0.29, 0.717) is 18.2 Å². The number of benzene rings is 1. The molecule has 1 amide bonds. The van der Waals surface area contributed by atoms with Gasteiger partial charge in [-0.1, -0.05) is 12.1 Å². The molecule has 0 aliphatic carbocycles. The molecule has 0 radical (unpaired) electrons. The number of hydrogen-bond donors (Lipinski definition) is 1. The number of aromatic nitrogens is 4. The lowest BCUT2D eigenvalue weighted by molar-refractivity contribution is -0.123. The van der Waals surface area contributed by atoms with Gasteiger partial charge >= 0.3 is 0 Å². The average Bonchev–Trinajstić information content (AvgIpc) is 3.33. The largest absolute Gasteiger partial charge is 0.483 e. The summed E-state index contributed by atoms with van der Waals surface area (Å²) in [5.74, 6) is 1.13. The molecule has 0 saturated heterocycles. The highest BCUT2D eigenvalue weighted by Crippen LogP contribution is 2.26. The van der Waals surface area contributed by atoms with E-state index < -0.39 is 0 Å². The van der Waals surface area contributed by atoms with E-state index in [4.69, 9.17) is 9.47 Å². The molecule has 0 aliphatic rings. The molecule has 28 heavy (non-hydrogen) atoms. The van der Waals surface area contributed by atoms with Gasteiger partial charge in [0.25, 0.3) is 5.91 Å². The van der Waals surface area contributed by atoms with Crippen LogP contribution in [0, 0.1) is 0 Å². The van der Waals surface area contributed by atoms with Crippen LogP contribution in [-0.4, -0.2) is 45.4 Å². The van der Waals surface area contributed by atoms with E-state index in [0.717, 1.165) is 23.1 Å². The van der Waals surface area contributed by atoms with Crippen LogP contribution in [0.25, 0.3) is 16.6 Å². The predicted molar refractivity (Wildman–Crippen MR) is 104 cm³/mol. The Morgan fingerprint density at radius 1 is 1.11 bits per heavy atom. The third-order valence-electron chi connectivity index (χ3n) is 4.50. The zero-order valence-electron chi connectivity index (χ0n) is 15.5. The summed E-state index contributed by atoms with van der Waals surface area (Å²) in [6, 6.07) is 13.4. The van der Waals surface area contributed by atoms with Crippen molar-refractivity contribution in [3.63, 3.8) is 0 Å². The van der Waals surface area contributed by atoms with Crippen molar-refractivity contribution in [1.82, 2.24) is 24.5 Å². The summed E-state index contributed by atoms with van der Waals surface area (Å²) in [6.07, 6.45) is 3.86. The summed E-state index contributed by atoms with van der Waals surface area (Å²) in [4.78, 5) is 12.2. The number of rotatable bonds is 8. The van der Waals surface area contributed by atoms with Crippen LogP contribution in [0.5, 0.6) is 5.75 Å². The second kappa shape index (κ2) is 8.10. The highest BCUT2D eigenvalue weighted by atomic mass is 16.5. The topological polar surface area (TPSA) is 82.7 Å². The van der Waals surface area contributed by atoms with Gasteiger partial charge in [0.15, 0.2) is 18.1 Å². The van der Waals surface area contributed by atoms with Gasteiger partial charge in [0.05, 0.1) is 18.7 Å². The monoisotopic (exact) mass is 379 g/mol. The van der Waals surface area contributed by atoms with Crippen LogP contribution in [-0.2, 0) is 22.6 Å². The number of amides is 1. The second-order valence-electron chi connectivity index (χ2n) is 6.30. The first-order valence-electron chi connectivity index (χ1n) is 9.01. The molecule has 1 N–H and O–H groups in total. The number of nitrogens with zero attached hydrogens (tertiary/aromatic N) is 4. The predicted octanol–water partition coefficient (Wildman–Crippen LogP) is 2.03. The standard InChI is InChI=1S/C20H21N5O3/c1-27-12-11-24-10-8-15-16(24)5-4-6-17(15)28-14-20(26)21-13-19-23-22-18-7-2-3-9-25(18)19/h2-10H,11-14H2,1H3,(H,21,26). The number of fused-ring (bicyclic) bond motifs is 2. The summed E-state index contributed by atoms with van der Waals surface area (Å²) in [7, 11) is 1.68. The van der Waals surface area contributed by atoms with Crippen molar-refractivity contribution in [2.75, 3.05) is 20.3 Å². The van der Waals surface area contributed by atoms with E-state index in [1.165, 1.54) is 0 Å². The lowest BCUT2D eigenvalue weighted by Gasteiger charge is -2.09. The maximum Gasteiger partial charge on any atom is 0.258 e. The minimum Gasteiger partial charge on any atom is -0.483 e. The first-order valence-corrected chi connectivity index (χ1v) is 9.01. The molecule has 0 unspecified atom stereocenters. The number of ether oxygens (including phenoxy) is 2. The van der Waals surface area contributed by atoms with Crippen LogP contribution in [0.3, 0.4) is 0 Å². The molecule has 0 atom stereocenters. The Balaban J connectivity index is 1.37. The maximum absolute atomic E-state index is 12.2. The van der Waals surface area contributed by atoms with Gasteiger partial charge < -0.3 is 19.4 Å². The smallest absolute Gasteiger partial charge is 0.258 e. The van der Waals surface area contributed by atoms with Gasteiger partial charge in [-0.15, -0.1) is 10.2 Å². The van der Waals surface area contributed by atoms with Crippen LogP contribution in [0.4, 0.5) is 0 Å². The maximum atomic E-state index is 12.2. The molecule has 0 aliphatic heterocycles. The zero-order chi connectivity index (χ0) is 19.3. The first-order chi connectivity index (χ1) is 13.8. The molecule has 0 fully saturated rings. The minimum absolute atomic E-state index is 0.0703. The second-order valence-corrected chi connectivity index (χ2v) is 6.30. The number of nitrogens with one attached hydrogen (secondary N) is 1. The molecule has 4 aromatic rings. The summed E-state index contributed by atoms with van der Waals surface area (Å²) >= 11 is 0. The summed E-state index contributed by atoms with van der Waals surface area (Å²) in [6.45, 7) is 1.61. The molecule has 4 rings (SSSR count). The van der Waals surface area contributed by atoms with Gasteiger partial charge in [-0.3, -0.25) is 9.20 Å². The Morgan fingerprint density at radius 3 is 2.93 bits per heavy atom. The van der Waals surface area contributed by atoms with Gasteiger partial charge in [0.2, 0.25) is 0 Å². The van der Waals surface area contributed by atoms with Crippen molar-refractivity contribution in [3.05, 3.63) is 60.7 Å². The van der Waals surface area contributed by atoms with Crippen LogP contribution < -0.4 is 10.1 Å². The fourth-order valence-electron chi connectivity index (χ4n) is 3.09. The normalized spacial score (nSPS) is 11.2. The van der Waals surface area contributed by atoms with Gasteiger partial charge in [0.1, 0.15) is 5.75 Å². The Labute approximate surface area is 161 Å². The number of carbonyl (C=O) groups is 1.